The van der Waals surface area contributed by atoms with Crippen molar-refractivity contribution in [2.75, 3.05) is 5.32 Å². The fraction of sp³-hybridized carbons (Fsp3) is 0. The minimum Gasteiger partial charge on any atom is -0.317 e. The van der Waals surface area contributed by atoms with Gasteiger partial charge in [-0.25, -0.2) is 8.78 Å². The van der Waals surface area contributed by atoms with Crippen molar-refractivity contribution in [2.24, 2.45) is 0 Å². The van der Waals surface area contributed by atoms with Crippen molar-refractivity contribution < 1.29 is 13.6 Å². The molecular weight excluding hydrogens is 336 g/mol. The molecule has 0 saturated carbocycles. The number of halogens is 3. The molecule has 0 fully saturated rings. The van der Waals surface area contributed by atoms with Gasteiger partial charge in [0.05, 0.1) is 5.56 Å². The first-order valence-corrected chi connectivity index (χ1v) is 6.47. The summed E-state index contributed by atoms with van der Waals surface area (Å²) in [7, 11) is 0. The van der Waals surface area contributed by atoms with E-state index in [0.29, 0.717) is 4.90 Å². The van der Waals surface area contributed by atoms with E-state index in [2.05, 4.69) is 33.9 Å². The third-order valence-electron chi connectivity index (χ3n) is 2.39. The summed E-state index contributed by atoms with van der Waals surface area (Å²) in [6, 6.07) is 8.64. The van der Waals surface area contributed by atoms with E-state index in [1.807, 2.05) is 0 Å². The smallest absolute Gasteiger partial charge is 0.256 e. The number of hydrogen-bond donors (Lipinski definition) is 2. The highest BCUT2D eigenvalue weighted by atomic mass is 79.9. The van der Waals surface area contributed by atoms with Gasteiger partial charge in [-0.2, -0.15) is 0 Å². The zero-order valence-electron chi connectivity index (χ0n) is 9.45. The second-order valence-corrected chi connectivity index (χ2v) is 5.11. The fourth-order valence-electron chi connectivity index (χ4n) is 1.51. The monoisotopic (exact) mass is 343 g/mol. The molecule has 0 aliphatic carbocycles. The highest BCUT2D eigenvalue weighted by molar-refractivity contribution is 9.10. The molecule has 0 aliphatic rings. The van der Waals surface area contributed by atoms with Gasteiger partial charge >= 0.3 is 0 Å². The average Bonchev–Trinajstić information content (AvgIpc) is 2.34. The molecule has 0 aliphatic heterocycles. The molecule has 0 aromatic heterocycles. The Labute approximate surface area is 122 Å². The Kier molecular flexibility index (Phi) is 4.21. The molecule has 0 spiro atoms. The Morgan fingerprint density at radius 1 is 1.16 bits per heavy atom. The zero-order chi connectivity index (χ0) is 14.0. The number of thiol groups is 1. The van der Waals surface area contributed by atoms with Crippen LogP contribution in [0.5, 0.6) is 0 Å². The third-order valence-corrected chi connectivity index (χ3v) is 3.24. The molecule has 0 atom stereocenters. The molecule has 2 aromatic rings. The predicted molar refractivity (Wildman–Crippen MR) is 75.7 cm³/mol. The van der Waals surface area contributed by atoms with E-state index in [0.717, 1.165) is 12.1 Å². The van der Waals surface area contributed by atoms with E-state index < -0.39 is 23.2 Å². The van der Waals surface area contributed by atoms with E-state index in [9.17, 15) is 13.6 Å². The van der Waals surface area contributed by atoms with Crippen molar-refractivity contribution in [1.82, 2.24) is 0 Å². The van der Waals surface area contributed by atoms with Gasteiger partial charge < -0.3 is 5.32 Å². The van der Waals surface area contributed by atoms with E-state index in [4.69, 9.17) is 0 Å². The molecule has 0 radical (unpaired) electrons. The molecule has 0 heterocycles. The van der Waals surface area contributed by atoms with Crippen molar-refractivity contribution in [3.05, 3.63) is 58.1 Å². The van der Waals surface area contributed by atoms with Gasteiger partial charge in [0.15, 0.2) is 11.6 Å². The SMILES string of the molecule is O=C(Nc1c(F)cc(Br)cc1F)c1ccccc1S. The molecule has 1 N–H and O–H groups in total. The Balaban J connectivity index is 2.32. The van der Waals surface area contributed by atoms with Gasteiger partial charge in [-0.15, -0.1) is 12.6 Å². The predicted octanol–water partition coefficient (Wildman–Crippen LogP) is 4.27. The number of benzene rings is 2. The number of carbonyl (C=O) groups is 1. The van der Waals surface area contributed by atoms with Crippen molar-refractivity contribution in [3.63, 3.8) is 0 Å². The molecule has 2 nitrogen and oxygen atoms in total. The Bertz CT molecular complexity index is 625. The largest absolute Gasteiger partial charge is 0.317 e. The molecule has 6 heteroatoms. The first-order chi connectivity index (χ1) is 8.99. The van der Waals surface area contributed by atoms with Gasteiger partial charge in [0, 0.05) is 9.37 Å². The summed E-state index contributed by atoms with van der Waals surface area (Å²) >= 11 is 7.08. The van der Waals surface area contributed by atoms with Gasteiger partial charge in [0.2, 0.25) is 0 Å². The van der Waals surface area contributed by atoms with E-state index in [1.165, 1.54) is 6.07 Å². The lowest BCUT2D eigenvalue weighted by molar-refractivity contribution is 0.102. The summed E-state index contributed by atoms with van der Waals surface area (Å²) in [4.78, 5) is 12.3. The molecule has 0 bridgehead atoms. The minimum atomic E-state index is -0.850. The van der Waals surface area contributed by atoms with Crippen LogP contribution in [0.3, 0.4) is 0 Å². The molecule has 2 rings (SSSR count). The molecule has 19 heavy (non-hydrogen) atoms. The molecular formula is C13H8BrF2NOS. The van der Waals surface area contributed by atoms with Crippen LogP contribution in [0.2, 0.25) is 0 Å². The van der Waals surface area contributed by atoms with Crippen LogP contribution in [0, 0.1) is 11.6 Å². The quantitative estimate of drug-likeness (QED) is 0.783. The number of carbonyl (C=O) groups excluding carboxylic acids is 1. The summed E-state index contributed by atoms with van der Waals surface area (Å²) in [6.45, 7) is 0. The summed E-state index contributed by atoms with van der Waals surface area (Å²) in [5.41, 5.74) is -0.239. The van der Waals surface area contributed by atoms with Gasteiger partial charge in [0.1, 0.15) is 5.69 Å². The Morgan fingerprint density at radius 2 is 1.74 bits per heavy atom. The molecule has 0 unspecified atom stereocenters. The lowest BCUT2D eigenvalue weighted by Crippen LogP contribution is -2.15. The second-order valence-electron chi connectivity index (χ2n) is 3.72. The number of rotatable bonds is 2. The van der Waals surface area contributed by atoms with Gasteiger partial charge in [-0.05, 0) is 24.3 Å². The van der Waals surface area contributed by atoms with Crippen LogP contribution in [0.25, 0.3) is 0 Å². The molecule has 98 valence electrons. The first-order valence-electron chi connectivity index (χ1n) is 5.23. The molecule has 2 aromatic carbocycles. The van der Waals surface area contributed by atoms with Crippen LogP contribution >= 0.6 is 28.6 Å². The van der Waals surface area contributed by atoms with Crippen LogP contribution in [0.15, 0.2) is 45.8 Å². The van der Waals surface area contributed by atoms with Crippen LogP contribution < -0.4 is 5.32 Å². The topological polar surface area (TPSA) is 29.1 Å². The highest BCUT2D eigenvalue weighted by Crippen LogP contribution is 2.25. The number of anilines is 1. The van der Waals surface area contributed by atoms with Gasteiger partial charge in [0.25, 0.3) is 5.91 Å². The van der Waals surface area contributed by atoms with Gasteiger partial charge in [-0.3, -0.25) is 4.79 Å². The van der Waals surface area contributed by atoms with Crippen molar-refractivity contribution in [3.8, 4) is 0 Å². The van der Waals surface area contributed by atoms with Crippen molar-refractivity contribution >= 4 is 40.2 Å². The standard InChI is InChI=1S/C13H8BrF2NOS/c14-7-5-9(15)12(10(16)6-7)17-13(18)8-3-1-2-4-11(8)19/h1-6,19H,(H,17,18). The van der Waals surface area contributed by atoms with E-state index in [1.54, 1.807) is 18.2 Å². The van der Waals surface area contributed by atoms with Crippen LogP contribution in [-0.4, -0.2) is 5.91 Å². The summed E-state index contributed by atoms with van der Waals surface area (Å²) < 4.78 is 27.4. The third kappa shape index (κ3) is 3.13. The number of hydrogen-bond acceptors (Lipinski definition) is 2. The van der Waals surface area contributed by atoms with Crippen LogP contribution in [0.4, 0.5) is 14.5 Å². The van der Waals surface area contributed by atoms with Crippen LogP contribution in [0.1, 0.15) is 10.4 Å². The highest BCUT2D eigenvalue weighted by Gasteiger charge is 2.15. The fourth-order valence-corrected chi connectivity index (χ4v) is 2.17. The molecule has 0 saturated heterocycles. The summed E-state index contributed by atoms with van der Waals surface area (Å²) in [5, 5.41) is 2.20. The summed E-state index contributed by atoms with van der Waals surface area (Å²) in [6.07, 6.45) is 0. The zero-order valence-corrected chi connectivity index (χ0v) is 11.9. The van der Waals surface area contributed by atoms with E-state index >= 15 is 0 Å². The Morgan fingerprint density at radius 3 is 2.32 bits per heavy atom. The normalized spacial score (nSPS) is 10.3. The second kappa shape index (κ2) is 5.71. The number of amides is 1. The minimum absolute atomic E-state index is 0.243. The van der Waals surface area contributed by atoms with Crippen molar-refractivity contribution in [2.45, 2.75) is 4.90 Å². The van der Waals surface area contributed by atoms with Crippen molar-refractivity contribution in [1.29, 1.82) is 0 Å². The maximum atomic E-state index is 13.6. The maximum absolute atomic E-state index is 13.6. The average molecular weight is 344 g/mol. The molecule has 1 amide bonds. The lowest BCUT2D eigenvalue weighted by Gasteiger charge is -2.09. The summed E-state index contributed by atoms with van der Waals surface area (Å²) in [5.74, 6) is -2.32. The number of nitrogens with one attached hydrogen (secondary N) is 1. The van der Waals surface area contributed by atoms with E-state index in [-0.39, 0.29) is 10.0 Å². The lowest BCUT2D eigenvalue weighted by atomic mass is 10.2. The first kappa shape index (κ1) is 14.0. The Hall–Kier alpha value is -1.40. The van der Waals surface area contributed by atoms with Gasteiger partial charge in [-0.1, -0.05) is 28.1 Å². The van der Waals surface area contributed by atoms with Crippen LogP contribution in [-0.2, 0) is 0 Å². The maximum Gasteiger partial charge on any atom is 0.256 e.